The first kappa shape index (κ1) is 28.7. The van der Waals surface area contributed by atoms with Crippen LogP contribution in [0.3, 0.4) is 0 Å². The standard InChI is InChI=1S/C34H43NO4/c36-34(39-27-30-18-20-32(21-19-30)38-26-29-13-4-5-14-29)17-9-23-37-33-16-8-15-31(24-33)25-35-22-7-6-12-28-10-2-1-3-11-28/h1-3,8,10-11,15-16,18-21,24,29,35H,4-7,9,12-14,17,22-23,25-27H2. The van der Waals surface area contributed by atoms with Gasteiger partial charge in [0.1, 0.15) is 18.1 Å². The van der Waals surface area contributed by atoms with Crippen molar-refractivity contribution in [2.45, 2.75) is 70.9 Å². The maximum Gasteiger partial charge on any atom is 0.306 e. The van der Waals surface area contributed by atoms with Gasteiger partial charge in [-0.05, 0) is 91.9 Å². The monoisotopic (exact) mass is 529 g/mol. The van der Waals surface area contributed by atoms with E-state index >= 15 is 0 Å². The minimum atomic E-state index is -0.203. The highest BCUT2D eigenvalue weighted by Crippen LogP contribution is 2.25. The molecular weight excluding hydrogens is 486 g/mol. The Balaban J connectivity index is 1.03. The Bertz CT molecular complexity index is 1090. The molecule has 0 saturated heterocycles. The van der Waals surface area contributed by atoms with Gasteiger partial charge in [-0.3, -0.25) is 4.79 Å². The van der Waals surface area contributed by atoms with Gasteiger partial charge in [0.15, 0.2) is 0 Å². The largest absolute Gasteiger partial charge is 0.494 e. The van der Waals surface area contributed by atoms with Crippen LogP contribution >= 0.6 is 0 Å². The first-order valence-electron chi connectivity index (χ1n) is 14.6. The van der Waals surface area contributed by atoms with Crippen LogP contribution in [0.1, 0.15) is 68.1 Å². The van der Waals surface area contributed by atoms with Crippen LogP contribution in [0.4, 0.5) is 0 Å². The second kappa shape index (κ2) is 16.6. The molecule has 1 aliphatic rings. The van der Waals surface area contributed by atoms with Crippen LogP contribution in [-0.4, -0.2) is 25.7 Å². The second-order valence-electron chi connectivity index (χ2n) is 10.5. The molecule has 1 N–H and O–H groups in total. The molecule has 1 saturated carbocycles. The Morgan fingerprint density at radius 3 is 2.38 bits per heavy atom. The van der Waals surface area contributed by atoms with Crippen LogP contribution in [0.15, 0.2) is 78.9 Å². The smallest absolute Gasteiger partial charge is 0.306 e. The summed E-state index contributed by atoms with van der Waals surface area (Å²) in [6, 6.07) is 26.6. The number of ether oxygens (including phenoxy) is 3. The summed E-state index contributed by atoms with van der Waals surface area (Å²) in [6.07, 6.45) is 9.63. The molecule has 0 heterocycles. The van der Waals surface area contributed by atoms with Gasteiger partial charge in [0.2, 0.25) is 0 Å². The van der Waals surface area contributed by atoms with Crippen LogP contribution in [0, 0.1) is 5.92 Å². The highest BCUT2D eigenvalue weighted by atomic mass is 16.5. The Morgan fingerprint density at radius 1 is 0.769 bits per heavy atom. The summed E-state index contributed by atoms with van der Waals surface area (Å²) < 4.78 is 17.2. The van der Waals surface area contributed by atoms with E-state index in [2.05, 4.69) is 47.8 Å². The molecule has 0 aliphatic heterocycles. The van der Waals surface area contributed by atoms with E-state index in [0.717, 1.165) is 49.6 Å². The molecule has 5 heteroatoms. The van der Waals surface area contributed by atoms with E-state index in [-0.39, 0.29) is 12.6 Å². The number of carbonyl (C=O) groups excluding carboxylic acids is 1. The van der Waals surface area contributed by atoms with Crippen LogP contribution < -0.4 is 14.8 Å². The minimum absolute atomic E-state index is 0.203. The van der Waals surface area contributed by atoms with Gasteiger partial charge in [-0.15, -0.1) is 0 Å². The molecule has 5 nitrogen and oxygen atoms in total. The zero-order valence-corrected chi connectivity index (χ0v) is 23.1. The summed E-state index contributed by atoms with van der Waals surface area (Å²) in [7, 11) is 0. The van der Waals surface area contributed by atoms with Gasteiger partial charge in [-0.2, -0.15) is 0 Å². The van der Waals surface area contributed by atoms with E-state index in [1.54, 1.807) is 0 Å². The van der Waals surface area contributed by atoms with Crippen molar-refractivity contribution in [3.63, 3.8) is 0 Å². The Hall–Kier alpha value is -3.31. The third-order valence-corrected chi connectivity index (χ3v) is 7.22. The summed E-state index contributed by atoms with van der Waals surface area (Å²) in [4.78, 5) is 12.2. The average molecular weight is 530 g/mol. The van der Waals surface area contributed by atoms with E-state index in [1.807, 2.05) is 36.4 Å². The van der Waals surface area contributed by atoms with E-state index in [9.17, 15) is 4.79 Å². The van der Waals surface area contributed by atoms with Crippen molar-refractivity contribution in [3.05, 3.63) is 95.6 Å². The van der Waals surface area contributed by atoms with Crippen molar-refractivity contribution in [1.29, 1.82) is 0 Å². The molecular formula is C34H43NO4. The fourth-order valence-corrected chi connectivity index (χ4v) is 4.92. The number of benzene rings is 3. The number of hydrogen-bond donors (Lipinski definition) is 1. The van der Waals surface area contributed by atoms with Gasteiger partial charge in [-0.25, -0.2) is 0 Å². The molecule has 0 amide bonds. The number of carbonyl (C=O) groups is 1. The number of esters is 1. The number of aryl methyl sites for hydroxylation is 1. The van der Waals surface area contributed by atoms with Crippen LogP contribution in [0.2, 0.25) is 0 Å². The topological polar surface area (TPSA) is 56.8 Å². The Kier molecular flexibility index (Phi) is 12.2. The molecule has 3 aromatic rings. The average Bonchev–Trinajstić information content (AvgIpc) is 3.50. The lowest BCUT2D eigenvalue weighted by atomic mass is 10.1. The predicted octanol–water partition coefficient (Wildman–Crippen LogP) is 7.27. The Morgan fingerprint density at radius 2 is 1.56 bits per heavy atom. The Labute approximate surface area is 233 Å². The molecule has 0 bridgehead atoms. The highest BCUT2D eigenvalue weighted by Gasteiger charge is 2.15. The van der Waals surface area contributed by atoms with Gasteiger partial charge in [0.05, 0.1) is 13.2 Å². The SMILES string of the molecule is O=C(CCCOc1cccc(CNCCCCc2ccccc2)c1)OCc1ccc(OCC2CCCC2)cc1. The minimum Gasteiger partial charge on any atom is -0.494 e. The molecule has 39 heavy (non-hydrogen) atoms. The molecule has 0 atom stereocenters. The first-order valence-corrected chi connectivity index (χ1v) is 14.6. The van der Waals surface area contributed by atoms with Crippen LogP contribution in [0.5, 0.6) is 11.5 Å². The van der Waals surface area contributed by atoms with E-state index in [1.165, 1.54) is 43.2 Å². The van der Waals surface area contributed by atoms with Gasteiger partial charge in [0.25, 0.3) is 0 Å². The summed E-state index contributed by atoms with van der Waals surface area (Å²) in [5.41, 5.74) is 3.57. The maximum atomic E-state index is 12.2. The summed E-state index contributed by atoms with van der Waals surface area (Å²) in [5.74, 6) is 2.21. The van der Waals surface area contributed by atoms with Crippen molar-refractivity contribution >= 4 is 5.97 Å². The third kappa shape index (κ3) is 11.1. The quantitative estimate of drug-likeness (QED) is 0.147. The van der Waals surface area contributed by atoms with E-state index in [4.69, 9.17) is 14.2 Å². The molecule has 0 aromatic heterocycles. The molecule has 208 valence electrons. The third-order valence-electron chi connectivity index (χ3n) is 7.22. The molecule has 4 rings (SSSR count). The lowest BCUT2D eigenvalue weighted by Crippen LogP contribution is -2.15. The molecule has 3 aromatic carbocycles. The second-order valence-corrected chi connectivity index (χ2v) is 10.5. The zero-order chi connectivity index (χ0) is 27.0. The normalized spacial score (nSPS) is 13.3. The van der Waals surface area contributed by atoms with Gasteiger partial charge in [-0.1, -0.05) is 67.4 Å². The molecule has 1 fully saturated rings. The van der Waals surface area contributed by atoms with Crippen molar-refractivity contribution in [2.75, 3.05) is 19.8 Å². The summed E-state index contributed by atoms with van der Waals surface area (Å²) in [5, 5.41) is 3.52. The highest BCUT2D eigenvalue weighted by molar-refractivity contribution is 5.69. The first-order chi connectivity index (χ1) is 19.2. The molecule has 0 unspecified atom stereocenters. The van der Waals surface area contributed by atoms with E-state index in [0.29, 0.717) is 25.4 Å². The van der Waals surface area contributed by atoms with Crippen LogP contribution in [-0.2, 0) is 29.1 Å². The van der Waals surface area contributed by atoms with Crippen LogP contribution in [0.25, 0.3) is 0 Å². The lowest BCUT2D eigenvalue weighted by Gasteiger charge is -2.12. The number of rotatable bonds is 17. The predicted molar refractivity (Wildman–Crippen MR) is 156 cm³/mol. The summed E-state index contributed by atoms with van der Waals surface area (Å²) >= 11 is 0. The van der Waals surface area contributed by atoms with E-state index < -0.39 is 0 Å². The van der Waals surface area contributed by atoms with Gasteiger partial charge in [0, 0.05) is 13.0 Å². The number of unbranched alkanes of at least 4 members (excludes halogenated alkanes) is 1. The van der Waals surface area contributed by atoms with Crippen molar-refractivity contribution in [3.8, 4) is 11.5 Å². The number of hydrogen-bond acceptors (Lipinski definition) is 5. The maximum absolute atomic E-state index is 12.2. The van der Waals surface area contributed by atoms with Crippen molar-refractivity contribution in [1.82, 2.24) is 5.32 Å². The lowest BCUT2D eigenvalue weighted by molar-refractivity contribution is -0.145. The number of nitrogens with one attached hydrogen (secondary N) is 1. The van der Waals surface area contributed by atoms with Crippen molar-refractivity contribution in [2.24, 2.45) is 5.92 Å². The molecule has 0 radical (unpaired) electrons. The molecule has 0 spiro atoms. The van der Waals surface area contributed by atoms with Crippen molar-refractivity contribution < 1.29 is 19.0 Å². The fraction of sp³-hybridized carbons (Fsp3) is 0.441. The fourth-order valence-electron chi connectivity index (χ4n) is 4.92. The van der Waals surface area contributed by atoms with Gasteiger partial charge < -0.3 is 19.5 Å². The molecule has 1 aliphatic carbocycles. The summed E-state index contributed by atoms with van der Waals surface area (Å²) in [6.45, 7) is 3.39. The van der Waals surface area contributed by atoms with Gasteiger partial charge >= 0.3 is 5.97 Å². The zero-order valence-electron chi connectivity index (χ0n) is 23.1.